The van der Waals surface area contributed by atoms with E-state index in [2.05, 4.69) is 15.6 Å². The van der Waals surface area contributed by atoms with Crippen LogP contribution in [0, 0.1) is 10.1 Å². The molecule has 0 spiro atoms. The minimum Gasteiger partial charge on any atom is -0.385 e. The number of nitrogens with one attached hydrogen (secondary N) is 1. The van der Waals surface area contributed by atoms with Gasteiger partial charge in [-0.15, -0.1) is 5.10 Å². The third kappa shape index (κ3) is 3.94. The molecule has 0 aliphatic heterocycles. The first kappa shape index (κ1) is 14.8. The molecule has 1 aromatic heterocycles. The van der Waals surface area contributed by atoms with Crippen molar-refractivity contribution >= 4 is 11.4 Å². The third-order valence-electron chi connectivity index (χ3n) is 2.83. The van der Waals surface area contributed by atoms with Crippen LogP contribution in [0.5, 0.6) is 0 Å². The molecule has 7 nitrogen and oxygen atoms in total. The maximum absolute atomic E-state index is 12.9. The van der Waals surface area contributed by atoms with Crippen LogP contribution in [0.3, 0.4) is 0 Å². The predicted octanol–water partition coefficient (Wildman–Crippen LogP) is 2.63. The van der Waals surface area contributed by atoms with Crippen molar-refractivity contribution in [2.45, 2.75) is 19.4 Å². The molecule has 9 heteroatoms. The standard InChI is InChI=1S/C12H13F2N5O2/c13-12(14)10-8-9(19(20)21)2-3-11(10)15-4-1-6-18-7-5-16-17-18/h2-3,5,7-8,12,15H,1,4,6H2. The molecule has 21 heavy (non-hydrogen) atoms. The van der Waals surface area contributed by atoms with Crippen LogP contribution in [0.25, 0.3) is 0 Å². The van der Waals surface area contributed by atoms with E-state index in [1.165, 1.54) is 12.1 Å². The van der Waals surface area contributed by atoms with Crippen LogP contribution in [0.1, 0.15) is 18.4 Å². The fourth-order valence-corrected chi connectivity index (χ4v) is 1.82. The van der Waals surface area contributed by atoms with Crippen molar-refractivity contribution < 1.29 is 13.7 Å². The molecule has 0 unspecified atom stereocenters. The zero-order chi connectivity index (χ0) is 15.2. The molecule has 1 aromatic carbocycles. The van der Waals surface area contributed by atoms with Gasteiger partial charge in [-0.25, -0.2) is 8.78 Å². The van der Waals surface area contributed by atoms with Gasteiger partial charge in [0.1, 0.15) is 0 Å². The van der Waals surface area contributed by atoms with Crippen molar-refractivity contribution in [3.8, 4) is 0 Å². The highest BCUT2D eigenvalue weighted by atomic mass is 19.3. The van der Waals surface area contributed by atoms with E-state index in [-0.39, 0.29) is 16.9 Å². The number of rotatable bonds is 7. The Bertz CT molecular complexity index is 604. The zero-order valence-electron chi connectivity index (χ0n) is 10.9. The SMILES string of the molecule is O=[N+]([O-])c1ccc(NCCCn2ccnn2)c(C(F)F)c1. The monoisotopic (exact) mass is 297 g/mol. The summed E-state index contributed by atoms with van der Waals surface area (Å²) in [5, 5.41) is 20.9. The van der Waals surface area contributed by atoms with Gasteiger partial charge >= 0.3 is 0 Å². The van der Waals surface area contributed by atoms with Gasteiger partial charge in [0.15, 0.2) is 0 Å². The lowest BCUT2D eigenvalue weighted by molar-refractivity contribution is -0.385. The maximum Gasteiger partial charge on any atom is 0.270 e. The molecule has 0 aliphatic rings. The van der Waals surface area contributed by atoms with E-state index in [0.29, 0.717) is 19.5 Å². The number of nitro benzene ring substituents is 1. The fraction of sp³-hybridized carbons (Fsp3) is 0.333. The van der Waals surface area contributed by atoms with E-state index >= 15 is 0 Å². The van der Waals surface area contributed by atoms with Crippen LogP contribution in [0.2, 0.25) is 0 Å². The molecule has 112 valence electrons. The van der Waals surface area contributed by atoms with Crippen molar-refractivity contribution in [1.82, 2.24) is 15.0 Å². The largest absolute Gasteiger partial charge is 0.385 e. The van der Waals surface area contributed by atoms with Crippen LogP contribution in [0.4, 0.5) is 20.2 Å². The Kier molecular flexibility index (Phi) is 4.75. The minimum absolute atomic E-state index is 0.203. The summed E-state index contributed by atoms with van der Waals surface area (Å²) in [5.41, 5.74) is -0.516. The first-order chi connectivity index (χ1) is 10.1. The summed E-state index contributed by atoms with van der Waals surface area (Å²) in [5.74, 6) is 0. The second-order valence-corrected chi connectivity index (χ2v) is 4.28. The summed E-state index contributed by atoms with van der Waals surface area (Å²) in [6, 6.07) is 3.39. The summed E-state index contributed by atoms with van der Waals surface area (Å²) in [4.78, 5) is 9.91. The number of hydrogen-bond donors (Lipinski definition) is 1. The van der Waals surface area contributed by atoms with Gasteiger partial charge in [-0.3, -0.25) is 14.8 Å². The number of aryl methyl sites for hydroxylation is 1. The van der Waals surface area contributed by atoms with Gasteiger partial charge in [-0.2, -0.15) is 0 Å². The highest BCUT2D eigenvalue weighted by Crippen LogP contribution is 2.30. The quantitative estimate of drug-likeness (QED) is 0.482. The number of anilines is 1. The molecule has 0 aliphatic carbocycles. The van der Waals surface area contributed by atoms with Gasteiger partial charge in [0.25, 0.3) is 12.1 Å². The molecule has 2 aromatic rings. The molecular formula is C12H13F2N5O2. The normalized spacial score (nSPS) is 10.8. The molecule has 1 heterocycles. The maximum atomic E-state index is 12.9. The fourth-order valence-electron chi connectivity index (χ4n) is 1.82. The van der Waals surface area contributed by atoms with Crippen molar-refractivity contribution in [2.24, 2.45) is 0 Å². The van der Waals surface area contributed by atoms with E-state index in [9.17, 15) is 18.9 Å². The topological polar surface area (TPSA) is 85.9 Å². The molecule has 1 N–H and O–H groups in total. The van der Waals surface area contributed by atoms with Gasteiger partial charge < -0.3 is 5.32 Å². The van der Waals surface area contributed by atoms with Crippen LogP contribution in [-0.4, -0.2) is 26.5 Å². The third-order valence-corrected chi connectivity index (χ3v) is 2.83. The Morgan fingerprint density at radius 1 is 1.43 bits per heavy atom. The summed E-state index contributed by atoms with van der Waals surface area (Å²) < 4.78 is 27.5. The summed E-state index contributed by atoms with van der Waals surface area (Å²) in [7, 11) is 0. The van der Waals surface area contributed by atoms with E-state index in [4.69, 9.17) is 0 Å². The molecule has 0 radical (unpaired) electrons. The van der Waals surface area contributed by atoms with Gasteiger partial charge in [0.2, 0.25) is 0 Å². The summed E-state index contributed by atoms with van der Waals surface area (Å²) in [6.07, 6.45) is 1.14. The Morgan fingerprint density at radius 3 is 2.86 bits per heavy atom. The smallest absolute Gasteiger partial charge is 0.270 e. The van der Waals surface area contributed by atoms with Gasteiger partial charge in [-0.1, -0.05) is 5.21 Å². The van der Waals surface area contributed by atoms with Crippen LogP contribution in [-0.2, 0) is 6.54 Å². The highest BCUT2D eigenvalue weighted by Gasteiger charge is 2.17. The first-order valence-corrected chi connectivity index (χ1v) is 6.22. The van der Waals surface area contributed by atoms with E-state index in [1.54, 1.807) is 17.1 Å². The van der Waals surface area contributed by atoms with Crippen LogP contribution in [0.15, 0.2) is 30.6 Å². The Labute approximate surface area is 118 Å². The highest BCUT2D eigenvalue weighted by molar-refractivity contribution is 5.56. The molecule has 0 bridgehead atoms. The summed E-state index contributed by atoms with van der Waals surface area (Å²) in [6.45, 7) is 1.04. The Balaban J connectivity index is 1.97. The summed E-state index contributed by atoms with van der Waals surface area (Å²) >= 11 is 0. The predicted molar refractivity (Wildman–Crippen MR) is 71.2 cm³/mol. The minimum atomic E-state index is -2.78. The Morgan fingerprint density at radius 2 is 2.24 bits per heavy atom. The number of alkyl halides is 2. The number of benzene rings is 1. The lowest BCUT2D eigenvalue weighted by Gasteiger charge is -2.11. The Hall–Kier alpha value is -2.58. The number of aromatic nitrogens is 3. The number of nitro groups is 1. The molecule has 0 saturated heterocycles. The van der Waals surface area contributed by atoms with Gasteiger partial charge in [-0.05, 0) is 12.5 Å². The number of non-ortho nitro benzene ring substituents is 1. The molecule has 0 amide bonds. The van der Waals surface area contributed by atoms with Crippen molar-refractivity contribution in [3.63, 3.8) is 0 Å². The second-order valence-electron chi connectivity index (χ2n) is 4.28. The molecule has 0 fully saturated rings. The van der Waals surface area contributed by atoms with Crippen LogP contribution >= 0.6 is 0 Å². The molecule has 0 saturated carbocycles. The average molecular weight is 297 g/mol. The van der Waals surface area contributed by atoms with E-state index < -0.39 is 11.3 Å². The molecule has 2 rings (SSSR count). The van der Waals surface area contributed by atoms with Gasteiger partial charge in [0, 0.05) is 42.7 Å². The number of nitrogens with zero attached hydrogens (tertiary/aromatic N) is 4. The first-order valence-electron chi connectivity index (χ1n) is 6.22. The van der Waals surface area contributed by atoms with E-state index in [0.717, 1.165) is 6.07 Å². The average Bonchev–Trinajstić information content (AvgIpc) is 2.96. The zero-order valence-corrected chi connectivity index (χ0v) is 10.9. The second kappa shape index (κ2) is 6.73. The van der Waals surface area contributed by atoms with Crippen molar-refractivity contribution in [1.29, 1.82) is 0 Å². The lowest BCUT2D eigenvalue weighted by atomic mass is 10.1. The van der Waals surface area contributed by atoms with E-state index in [1.807, 2.05) is 0 Å². The molecule has 0 atom stereocenters. The van der Waals surface area contributed by atoms with Crippen LogP contribution < -0.4 is 5.32 Å². The number of halogens is 2. The van der Waals surface area contributed by atoms with Gasteiger partial charge in [0.05, 0.1) is 11.1 Å². The number of hydrogen-bond acceptors (Lipinski definition) is 5. The lowest BCUT2D eigenvalue weighted by Crippen LogP contribution is -2.09. The molecular weight excluding hydrogens is 284 g/mol. The van der Waals surface area contributed by atoms with Crippen molar-refractivity contribution in [3.05, 3.63) is 46.3 Å². The van der Waals surface area contributed by atoms with Crippen molar-refractivity contribution in [2.75, 3.05) is 11.9 Å².